The van der Waals surface area contributed by atoms with Gasteiger partial charge in [0.2, 0.25) is 5.75 Å². The van der Waals surface area contributed by atoms with Gasteiger partial charge in [-0.25, -0.2) is 0 Å². The summed E-state index contributed by atoms with van der Waals surface area (Å²) >= 11 is 0. The lowest BCUT2D eigenvalue weighted by atomic mass is 9.83. The van der Waals surface area contributed by atoms with Crippen molar-refractivity contribution in [3.63, 3.8) is 0 Å². The van der Waals surface area contributed by atoms with Crippen molar-refractivity contribution in [2.45, 2.75) is 0 Å². The van der Waals surface area contributed by atoms with E-state index in [0.29, 0.717) is 5.75 Å². The number of phenolic OH excluding ortho intramolecular Hbond substituents is 3. The molecule has 3 rings (SSSR count). The molecule has 0 aliphatic heterocycles. The number of rotatable bonds is 1. The summed E-state index contributed by atoms with van der Waals surface area (Å²) in [5.74, 6) is -3.03. The standard InChI is InChI=1S/C15H10O6/c1-21-6-2-3-7-8(4-6)12(17)9-5-10(16)14(19)15(20)11(9)13(7)18/h2-5,16,19-20H,1H3. The summed E-state index contributed by atoms with van der Waals surface area (Å²) in [7, 11) is 1.43. The first-order valence-corrected chi connectivity index (χ1v) is 6.01. The first-order valence-electron chi connectivity index (χ1n) is 6.01. The SMILES string of the molecule is COc1ccc2c(c1)C(=O)c1cc(O)c(O)c(O)c1C2=O. The van der Waals surface area contributed by atoms with Crippen LogP contribution in [0.1, 0.15) is 31.8 Å². The lowest BCUT2D eigenvalue weighted by molar-refractivity contribution is 0.0975. The fraction of sp³-hybridized carbons (Fsp3) is 0.0667. The molecule has 1 aliphatic rings. The number of carbonyl (C=O) groups is 2. The first-order chi connectivity index (χ1) is 9.95. The van der Waals surface area contributed by atoms with E-state index >= 15 is 0 Å². The molecule has 0 heterocycles. The highest BCUT2D eigenvalue weighted by Gasteiger charge is 2.34. The third kappa shape index (κ3) is 1.66. The summed E-state index contributed by atoms with van der Waals surface area (Å²) in [5, 5.41) is 28.9. The van der Waals surface area contributed by atoms with E-state index in [-0.39, 0.29) is 22.3 Å². The summed E-state index contributed by atoms with van der Waals surface area (Å²) < 4.78 is 5.02. The Bertz CT molecular complexity index is 806. The molecule has 106 valence electrons. The number of hydrogen-bond donors (Lipinski definition) is 3. The summed E-state index contributed by atoms with van der Waals surface area (Å²) in [6.07, 6.45) is 0. The highest BCUT2D eigenvalue weighted by molar-refractivity contribution is 6.29. The van der Waals surface area contributed by atoms with Gasteiger partial charge in [0.1, 0.15) is 5.75 Å². The summed E-state index contributed by atoms with van der Waals surface area (Å²) in [5.41, 5.74) is -0.244. The van der Waals surface area contributed by atoms with Gasteiger partial charge in [0, 0.05) is 16.7 Å². The van der Waals surface area contributed by atoms with Crippen molar-refractivity contribution >= 4 is 11.6 Å². The molecule has 21 heavy (non-hydrogen) atoms. The zero-order valence-electron chi connectivity index (χ0n) is 10.9. The van der Waals surface area contributed by atoms with Gasteiger partial charge in [0.05, 0.1) is 12.7 Å². The summed E-state index contributed by atoms with van der Waals surface area (Å²) in [4.78, 5) is 24.8. The molecule has 0 amide bonds. The number of phenols is 3. The lowest BCUT2D eigenvalue weighted by Crippen LogP contribution is -2.21. The molecule has 0 bridgehead atoms. The third-order valence-electron chi connectivity index (χ3n) is 3.44. The van der Waals surface area contributed by atoms with Crippen molar-refractivity contribution in [3.8, 4) is 23.0 Å². The molecule has 1 aliphatic carbocycles. The van der Waals surface area contributed by atoms with Gasteiger partial charge in [-0.05, 0) is 24.3 Å². The van der Waals surface area contributed by atoms with Gasteiger partial charge in [-0.3, -0.25) is 9.59 Å². The van der Waals surface area contributed by atoms with Gasteiger partial charge in [0.15, 0.2) is 23.1 Å². The van der Waals surface area contributed by atoms with Crippen LogP contribution in [0.2, 0.25) is 0 Å². The molecule has 6 heteroatoms. The highest BCUT2D eigenvalue weighted by Crippen LogP contribution is 2.43. The Morgan fingerprint density at radius 1 is 0.857 bits per heavy atom. The molecule has 6 nitrogen and oxygen atoms in total. The van der Waals surface area contributed by atoms with Gasteiger partial charge in [0.25, 0.3) is 0 Å². The maximum absolute atomic E-state index is 12.4. The maximum Gasteiger partial charge on any atom is 0.201 e. The maximum atomic E-state index is 12.4. The Labute approximate surface area is 118 Å². The van der Waals surface area contributed by atoms with Crippen LogP contribution in [0.15, 0.2) is 24.3 Å². The molecule has 0 saturated heterocycles. The molecule has 0 fully saturated rings. The topological polar surface area (TPSA) is 104 Å². The van der Waals surface area contributed by atoms with Crippen LogP contribution in [0.25, 0.3) is 0 Å². The Morgan fingerprint density at radius 3 is 2.24 bits per heavy atom. The summed E-state index contributed by atoms with van der Waals surface area (Å²) in [6, 6.07) is 5.32. The molecule has 0 saturated carbocycles. The molecule has 3 N–H and O–H groups in total. The molecule has 2 aromatic carbocycles. The minimum absolute atomic E-state index is 0.105. The zero-order chi connectivity index (χ0) is 15.3. The third-order valence-corrected chi connectivity index (χ3v) is 3.44. The predicted molar refractivity (Wildman–Crippen MR) is 71.3 cm³/mol. The van der Waals surface area contributed by atoms with Crippen molar-refractivity contribution < 1.29 is 29.6 Å². The van der Waals surface area contributed by atoms with E-state index in [1.807, 2.05) is 0 Å². The van der Waals surface area contributed by atoms with E-state index in [4.69, 9.17) is 4.74 Å². The molecular formula is C15H10O6. The number of hydrogen-bond acceptors (Lipinski definition) is 6. The van der Waals surface area contributed by atoms with Crippen LogP contribution >= 0.6 is 0 Å². The Hall–Kier alpha value is -3.02. The number of fused-ring (bicyclic) bond motifs is 2. The van der Waals surface area contributed by atoms with Crippen LogP contribution in [0.5, 0.6) is 23.0 Å². The van der Waals surface area contributed by atoms with Crippen molar-refractivity contribution in [2.24, 2.45) is 0 Å². The lowest BCUT2D eigenvalue weighted by Gasteiger charge is -2.19. The molecule has 0 spiro atoms. The second-order valence-corrected chi connectivity index (χ2v) is 4.59. The molecule has 0 aromatic heterocycles. The van der Waals surface area contributed by atoms with Crippen LogP contribution in [0.4, 0.5) is 0 Å². The Kier molecular flexibility index (Phi) is 2.62. The van der Waals surface area contributed by atoms with E-state index in [0.717, 1.165) is 6.07 Å². The monoisotopic (exact) mass is 286 g/mol. The minimum atomic E-state index is -0.827. The van der Waals surface area contributed by atoms with Crippen LogP contribution < -0.4 is 4.74 Å². The van der Waals surface area contributed by atoms with Crippen LogP contribution in [-0.4, -0.2) is 34.0 Å². The fourth-order valence-corrected chi connectivity index (χ4v) is 2.37. The van der Waals surface area contributed by atoms with Gasteiger partial charge in [-0.2, -0.15) is 0 Å². The van der Waals surface area contributed by atoms with E-state index in [9.17, 15) is 24.9 Å². The smallest absolute Gasteiger partial charge is 0.201 e. The fourth-order valence-electron chi connectivity index (χ4n) is 2.37. The largest absolute Gasteiger partial charge is 0.504 e. The van der Waals surface area contributed by atoms with E-state index in [1.54, 1.807) is 0 Å². The summed E-state index contributed by atoms with van der Waals surface area (Å²) in [6.45, 7) is 0. The number of benzene rings is 2. The quantitative estimate of drug-likeness (QED) is 0.587. The number of carbonyl (C=O) groups excluding carboxylic acids is 2. The number of methoxy groups -OCH3 is 1. The highest BCUT2D eigenvalue weighted by atomic mass is 16.5. The molecule has 2 aromatic rings. The first kappa shape index (κ1) is 13.0. The second kappa shape index (κ2) is 4.24. The minimum Gasteiger partial charge on any atom is -0.504 e. The average Bonchev–Trinajstić information content (AvgIpc) is 2.49. The van der Waals surface area contributed by atoms with E-state index in [2.05, 4.69) is 0 Å². The molecule has 0 unspecified atom stereocenters. The zero-order valence-corrected chi connectivity index (χ0v) is 10.9. The number of ketones is 2. The van der Waals surface area contributed by atoms with Gasteiger partial charge in [-0.1, -0.05) is 0 Å². The molecule has 0 atom stereocenters. The van der Waals surface area contributed by atoms with Gasteiger partial charge < -0.3 is 20.1 Å². The average molecular weight is 286 g/mol. The van der Waals surface area contributed by atoms with Crippen molar-refractivity contribution in [2.75, 3.05) is 7.11 Å². The predicted octanol–water partition coefficient (Wildman–Crippen LogP) is 1.59. The van der Waals surface area contributed by atoms with E-state index in [1.165, 1.54) is 25.3 Å². The molecule has 0 radical (unpaired) electrons. The van der Waals surface area contributed by atoms with Crippen molar-refractivity contribution in [1.29, 1.82) is 0 Å². The number of ether oxygens (including phenoxy) is 1. The molecular weight excluding hydrogens is 276 g/mol. The Morgan fingerprint density at radius 2 is 1.57 bits per heavy atom. The van der Waals surface area contributed by atoms with E-state index < -0.39 is 28.8 Å². The second-order valence-electron chi connectivity index (χ2n) is 4.59. The Balaban J connectivity index is 2.33. The van der Waals surface area contributed by atoms with Crippen molar-refractivity contribution in [1.82, 2.24) is 0 Å². The van der Waals surface area contributed by atoms with Crippen LogP contribution in [0.3, 0.4) is 0 Å². The van der Waals surface area contributed by atoms with Gasteiger partial charge >= 0.3 is 0 Å². The van der Waals surface area contributed by atoms with Gasteiger partial charge in [-0.15, -0.1) is 0 Å². The number of aromatic hydroxyl groups is 3. The van der Waals surface area contributed by atoms with Crippen LogP contribution in [0, 0.1) is 0 Å². The van der Waals surface area contributed by atoms with Crippen molar-refractivity contribution in [3.05, 3.63) is 46.5 Å². The van der Waals surface area contributed by atoms with Crippen LogP contribution in [-0.2, 0) is 0 Å². The normalized spacial score (nSPS) is 12.8.